The fourth-order valence-electron chi connectivity index (χ4n) is 8.45. The molecule has 0 fully saturated rings. The second-order valence-corrected chi connectivity index (χ2v) is 17.2. The van der Waals surface area contributed by atoms with Crippen molar-refractivity contribution in [1.82, 2.24) is 29.9 Å². The van der Waals surface area contributed by atoms with Gasteiger partial charge in [0.05, 0.1) is 57.0 Å². The van der Waals surface area contributed by atoms with Gasteiger partial charge >= 0.3 is 5.97 Å². The molecule has 2 unspecified atom stereocenters. The van der Waals surface area contributed by atoms with Crippen molar-refractivity contribution in [2.24, 2.45) is 5.41 Å². The number of carbonyl (C=O) groups is 1. The van der Waals surface area contributed by atoms with Gasteiger partial charge in [0.25, 0.3) is 0 Å². The van der Waals surface area contributed by atoms with E-state index in [1.165, 1.54) is 11.1 Å². The Morgan fingerprint density at radius 2 is 0.956 bits per heavy atom. The summed E-state index contributed by atoms with van der Waals surface area (Å²) in [6.07, 6.45) is 9.90. The minimum atomic E-state index is -0.740. The van der Waals surface area contributed by atoms with Crippen molar-refractivity contribution in [1.29, 1.82) is 5.26 Å². The minimum absolute atomic E-state index is 0.109. The van der Waals surface area contributed by atoms with Gasteiger partial charge in [0.2, 0.25) is 0 Å². The zero-order valence-corrected chi connectivity index (χ0v) is 37.8. The molecule has 0 aliphatic carbocycles. The first-order valence-electron chi connectivity index (χ1n) is 22.9. The molecule has 2 atom stereocenters. The van der Waals surface area contributed by atoms with Gasteiger partial charge in [-0.1, -0.05) is 103 Å². The highest BCUT2D eigenvalue weighted by atomic mass is 16.5. The Bertz CT molecular complexity index is 3000. The zero-order chi connectivity index (χ0) is 46.5. The molecule has 0 aliphatic heterocycles. The average Bonchev–Trinajstić information content (AvgIpc) is 3.42. The number of aryl methyl sites for hydroxylation is 1. The Labute approximate surface area is 397 Å². The van der Waals surface area contributed by atoms with Crippen molar-refractivity contribution in [3.05, 3.63) is 217 Å². The van der Waals surface area contributed by atoms with Crippen LogP contribution in [0.4, 0.5) is 0 Å². The van der Waals surface area contributed by atoms with Crippen LogP contribution in [-0.2, 0) is 22.6 Å². The third-order valence-corrected chi connectivity index (χ3v) is 12.2. The number of hydrogen-bond acceptors (Lipinski definition) is 9. The van der Waals surface area contributed by atoms with Crippen LogP contribution in [0, 0.1) is 16.7 Å². The maximum absolute atomic E-state index is 13.2. The first-order valence-corrected chi connectivity index (χ1v) is 22.9. The number of nitriles is 1. The Morgan fingerprint density at radius 1 is 0.529 bits per heavy atom. The molecule has 9 heteroatoms. The molecule has 0 amide bonds. The number of ether oxygens (including phenoxy) is 1. The molecule has 0 aliphatic rings. The molecule has 6 heterocycles. The fourth-order valence-corrected chi connectivity index (χ4v) is 8.45. The van der Waals surface area contributed by atoms with E-state index in [-0.39, 0.29) is 24.9 Å². The van der Waals surface area contributed by atoms with E-state index >= 15 is 0 Å². The van der Waals surface area contributed by atoms with E-state index in [1.807, 2.05) is 134 Å². The number of nitrogens with zero attached hydrogens (tertiary/aromatic N) is 7. The summed E-state index contributed by atoms with van der Waals surface area (Å²) in [4.78, 5) is 41.2. The molecule has 3 aromatic carbocycles. The zero-order valence-electron chi connectivity index (χ0n) is 37.8. The van der Waals surface area contributed by atoms with Gasteiger partial charge < -0.3 is 4.74 Å². The van der Waals surface area contributed by atoms with Crippen LogP contribution in [0.25, 0.3) is 67.8 Å². The van der Waals surface area contributed by atoms with Crippen LogP contribution in [0.1, 0.15) is 55.2 Å². The molecule has 332 valence electrons. The van der Waals surface area contributed by atoms with Crippen LogP contribution in [0.5, 0.6) is 0 Å². The van der Waals surface area contributed by atoms with Gasteiger partial charge in [-0.3, -0.25) is 24.7 Å². The quantitative estimate of drug-likeness (QED) is 0.0821. The van der Waals surface area contributed by atoms with Crippen molar-refractivity contribution in [3.63, 3.8) is 0 Å². The van der Waals surface area contributed by atoms with Crippen LogP contribution >= 0.6 is 0 Å². The van der Waals surface area contributed by atoms with Crippen LogP contribution in [0.3, 0.4) is 0 Å². The van der Waals surface area contributed by atoms with Gasteiger partial charge in [-0.2, -0.15) is 5.26 Å². The van der Waals surface area contributed by atoms with E-state index in [0.29, 0.717) is 12.8 Å². The summed E-state index contributed by atoms with van der Waals surface area (Å²) < 4.78 is 5.78. The molecule has 6 aromatic heterocycles. The van der Waals surface area contributed by atoms with Crippen molar-refractivity contribution in [2.45, 2.75) is 51.6 Å². The van der Waals surface area contributed by atoms with Crippen LogP contribution in [0.15, 0.2) is 201 Å². The molecule has 0 bridgehead atoms. The Morgan fingerprint density at radius 3 is 1.37 bits per heavy atom. The van der Waals surface area contributed by atoms with E-state index in [4.69, 9.17) is 14.7 Å². The normalized spacial score (nSPS) is 12.4. The van der Waals surface area contributed by atoms with Gasteiger partial charge in [0.15, 0.2) is 0 Å². The van der Waals surface area contributed by atoms with E-state index < -0.39 is 5.41 Å². The number of aromatic nitrogens is 6. The molecule has 0 saturated heterocycles. The summed E-state index contributed by atoms with van der Waals surface area (Å²) in [6, 6.07) is 61.1. The highest BCUT2D eigenvalue weighted by molar-refractivity contribution is 5.76. The van der Waals surface area contributed by atoms with E-state index in [0.717, 1.165) is 86.2 Å². The lowest BCUT2D eigenvalue weighted by molar-refractivity contribution is -0.145. The molecule has 9 nitrogen and oxygen atoms in total. The van der Waals surface area contributed by atoms with Gasteiger partial charge in [-0.25, -0.2) is 9.97 Å². The van der Waals surface area contributed by atoms with Crippen LogP contribution < -0.4 is 0 Å². The van der Waals surface area contributed by atoms with Crippen LogP contribution in [-0.4, -0.2) is 35.9 Å². The first-order chi connectivity index (χ1) is 33.4. The maximum atomic E-state index is 13.2. The third kappa shape index (κ3) is 11.3. The Hall–Kier alpha value is -8.48. The minimum Gasteiger partial charge on any atom is -0.461 e. The molecule has 9 rings (SSSR count). The summed E-state index contributed by atoms with van der Waals surface area (Å²) >= 11 is 0. The Balaban J connectivity index is 0.831. The van der Waals surface area contributed by atoms with E-state index in [2.05, 4.69) is 74.5 Å². The predicted molar refractivity (Wildman–Crippen MR) is 267 cm³/mol. The highest BCUT2D eigenvalue weighted by Gasteiger charge is 2.30. The van der Waals surface area contributed by atoms with Gasteiger partial charge in [-0.05, 0) is 150 Å². The topological polar surface area (TPSA) is 127 Å². The standard InChI is InChI=1S/C59H49N7O2/c1-59(41-60,30-29-58(67)68-40-43-22-26-46(27-23-43)49-37-56(52-17-7-11-33-63-52)66-57(38-49)53-18-8-12-34-64-53)39-47(44-13-3-2-4-14-44)28-21-42-19-24-45(25-20-42)48-35-54(50-15-5-9-31-61-50)65-55(36-48)51-16-6-10-32-62-51/h2-20,22-27,31-38,47H,21,28-30,39-40H2,1H3. The molecule has 0 saturated carbocycles. The van der Waals surface area contributed by atoms with E-state index in [9.17, 15) is 10.1 Å². The second kappa shape index (κ2) is 21.2. The largest absolute Gasteiger partial charge is 0.461 e. The number of esters is 1. The molecule has 0 radical (unpaired) electrons. The summed E-state index contributed by atoms with van der Waals surface area (Å²) in [5, 5.41) is 10.6. The van der Waals surface area contributed by atoms with Crippen molar-refractivity contribution >= 4 is 5.97 Å². The number of pyridine rings is 6. The number of benzene rings is 3. The lowest BCUT2D eigenvalue weighted by Crippen LogP contribution is -2.21. The molecular weight excluding hydrogens is 839 g/mol. The molecule has 9 aromatic rings. The van der Waals surface area contributed by atoms with Crippen LogP contribution in [0.2, 0.25) is 0 Å². The van der Waals surface area contributed by atoms with Gasteiger partial charge in [0.1, 0.15) is 6.61 Å². The van der Waals surface area contributed by atoms with E-state index in [1.54, 1.807) is 24.8 Å². The van der Waals surface area contributed by atoms with Gasteiger partial charge in [0, 0.05) is 31.2 Å². The molecular formula is C59H49N7O2. The first kappa shape index (κ1) is 44.7. The lowest BCUT2D eigenvalue weighted by atomic mass is 9.75. The number of hydrogen-bond donors (Lipinski definition) is 0. The SMILES string of the molecule is CC(C#N)(CCC(=O)OCc1ccc(-c2cc(-c3ccccn3)nc(-c3ccccn3)c2)cc1)CC(CCc1ccc(-c2cc(-c3ccccn3)nc(-c3ccccn3)c2)cc1)c1ccccc1. The third-order valence-electron chi connectivity index (χ3n) is 12.2. The smallest absolute Gasteiger partial charge is 0.306 e. The van der Waals surface area contributed by atoms with Crippen molar-refractivity contribution < 1.29 is 9.53 Å². The molecule has 0 N–H and O–H groups in total. The van der Waals surface area contributed by atoms with Crippen molar-refractivity contribution in [3.8, 4) is 73.9 Å². The molecule has 0 spiro atoms. The molecule has 68 heavy (non-hydrogen) atoms. The maximum Gasteiger partial charge on any atom is 0.306 e. The van der Waals surface area contributed by atoms with Gasteiger partial charge in [-0.15, -0.1) is 0 Å². The average molecular weight is 888 g/mol. The highest BCUT2D eigenvalue weighted by Crippen LogP contribution is 2.39. The lowest BCUT2D eigenvalue weighted by Gasteiger charge is -2.28. The predicted octanol–water partition coefficient (Wildman–Crippen LogP) is 13.2. The van der Waals surface area contributed by atoms with Crippen molar-refractivity contribution in [2.75, 3.05) is 0 Å². The summed E-state index contributed by atoms with van der Waals surface area (Å²) in [5.41, 5.74) is 12.8. The Kier molecular flexibility index (Phi) is 14.0. The monoisotopic (exact) mass is 887 g/mol. The summed E-state index contributed by atoms with van der Waals surface area (Å²) in [5.74, 6) is -0.216. The number of rotatable bonds is 17. The second-order valence-electron chi connectivity index (χ2n) is 17.2. The fraction of sp³-hybridized carbons (Fsp3) is 0.153. The number of carbonyl (C=O) groups excluding carboxylic acids is 1. The summed E-state index contributed by atoms with van der Waals surface area (Å²) in [6.45, 7) is 2.11. The summed E-state index contributed by atoms with van der Waals surface area (Å²) in [7, 11) is 0.